The van der Waals surface area contributed by atoms with Crippen LogP contribution < -0.4 is 14.8 Å². The minimum absolute atomic E-state index is 0.144. The summed E-state index contributed by atoms with van der Waals surface area (Å²) < 4.78 is 10.3. The Morgan fingerprint density at radius 3 is 2.55 bits per heavy atom. The second kappa shape index (κ2) is 6.57. The summed E-state index contributed by atoms with van der Waals surface area (Å²) in [6.45, 7) is 0. The van der Waals surface area contributed by atoms with Crippen LogP contribution in [0.1, 0.15) is 10.4 Å². The molecule has 0 aromatic heterocycles. The van der Waals surface area contributed by atoms with E-state index in [2.05, 4.69) is 5.32 Å². The SMILES string of the molecule is COc1ccc(NC(=O)c2cccc([N+](=O)[O-])c2)c(OC)c1. The van der Waals surface area contributed by atoms with E-state index in [1.165, 1.54) is 38.5 Å². The average molecular weight is 302 g/mol. The third-order valence-electron chi connectivity index (χ3n) is 2.98. The molecule has 0 unspecified atom stereocenters. The molecule has 0 aliphatic carbocycles. The molecule has 2 aromatic rings. The van der Waals surface area contributed by atoms with Gasteiger partial charge in [-0.05, 0) is 18.2 Å². The zero-order valence-electron chi connectivity index (χ0n) is 12.0. The topological polar surface area (TPSA) is 90.7 Å². The molecule has 2 aromatic carbocycles. The van der Waals surface area contributed by atoms with Crippen LogP contribution in [0.4, 0.5) is 11.4 Å². The van der Waals surface area contributed by atoms with Gasteiger partial charge in [0.2, 0.25) is 0 Å². The number of carbonyl (C=O) groups excluding carboxylic acids is 1. The van der Waals surface area contributed by atoms with Gasteiger partial charge in [0, 0.05) is 23.8 Å². The molecule has 0 bridgehead atoms. The molecule has 7 heteroatoms. The smallest absolute Gasteiger partial charge is 0.270 e. The van der Waals surface area contributed by atoms with Crippen molar-refractivity contribution in [2.75, 3.05) is 19.5 Å². The van der Waals surface area contributed by atoms with Gasteiger partial charge < -0.3 is 14.8 Å². The van der Waals surface area contributed by atoms with E-state index in [1.807, 2.05) is 0 Å². The van der Waals surface area contributed by atoms with Crippen LogP contribution >= 0.6 is 0 Å². The number of methoxy groups -OCH3 is 2. The standard InChI is InChI=1S/C15H14N2O5/c1-21-12-6-7-13(14(9-12)22-2)16-15(18)10-4-3-5-11(8-10)17(19)20/h3-9H,1-2H3,(H,16,18). The van der Waals surface area contributed by atoms with Gasteiger partial charge >= 0.3 is 0 Å². The molecule has 0 atom stereocenters. The quantitative estimate of drug-likeness (QED) is 0.677. The Hall–Kier alpha value is -3.09. The fourth-order valence-electron chi connectivity index (χ4n) is 1.86. The van der Waals surface area contributed by atoms with E-state index in [4.69, 9.17) is 9.47 Å². The summed E-state index contributed by atoms with van der Waals surface area (Å²) in [7, 11) is 2.99. The first kappa shape index (κ1) is 15.3. The van der Waals surface area contributed by atoms with Crippen LogP contribution in [-0.4, -0.2) is 25.1 Å². The zero-order valence-corrected chi connectivity index (χ0v) is 12.0. The molecule has 0 fully saturated rings. The van der Waals surface area contributed by atoms with Crippen LogP contribution in [0, 0.1) is 10.1 Å². The Morgan fingerprint density at radius 1 is 1.14 bits per heavy atom. The van der Waals surface area contributed by atoms with Gasteiger partial charge in [0.05, 0.1) is 24.8 Å². The Morgan fingerprint density at radius 2 is 1.91 bits per heavy atom. The first-order chi connectivity index (χ1) is 10.5. The largest absolute Gasteiger partial charge is 0.497 e. The summed E-state index contributed by atoms with van der Waals surface area (Å²) in [5.41, 5.74) is 0.487. The number of nitro groups is 1. The van der Waals surface area contributed by atoms with Crippen molar-refractivity contribution < 1.29 is 19.2 Å². The fourth-order valence-corrected chi connectivity index (χ4v) is 1.86. The third-order valence-corrected chi connectivity index (χ3v) is 2.98. The minimum Gasteiger partial charge on any atom is -0.497 e. The van der Waals surface area contributed by atoms with Crippen LogP contribution in [0.5, 0.6) is 11.5 Å². The number of anilines is 1. The van der Waals surface area contributed by atoms with Crippen molar-refractivity contribution in [1.82, 2.24) is 0 Å². The molecule has 0 spiro atoms. The number of nitrogens with zero attached hydrogens (tertiary/aromatic N) is 1. The number of nitrogens with one attached hydrogen (secondary N) is 1. The molecule has 0 heterocycles. The lowest BCUT2D eigenvalue weighted by atomic mass is 10.2. The summed E-state index contributed by atoms with van der Waals surface area (Å²) in [5, 5.41) is 13.4. The summed E-state index contributed by atoms with van der Waals surface area (Å²) in [5.74, 6) is 0.551. The number of ether oxygens (including phenoxy) is 2. The van der Waals surface area contributed by atoms with E-state index < -0.39 is 10.8 Å². The number of amides is 1. The second-order valence-electron chi connectivity index (χ2n) is 4.33. The Bertz CT molecular complexity index is 715. The van der Waals surface area contributed by atoms with E-state index in [0.717, 1.165) is 0 Å². The summed E-state index contributed by atoms with van der Waals surface area (Å²) in [4.78, 5) is 22.4. The third kappa shape index (κ3) is 3.32. The lowest BCUT2D eigenvalue weighted by Crippen LogP contribution is -2.12. The van der Waals surface area contributed by atoms with Crippen LogP contribution in [0.3, 0.4) is 0 Å². The van der Waals surface area contributed by atoms with E-state index in [9.17, 15) is 14.9 Å². The fraction of sp³-hybridized carbons (Fsp3) is 0.133. The molecule has 22 heavy (non-hydrogen) atoms. The lowest BCUT2D eigenvalue weighted by Gasteiger charge is -2.11. The molecule has 0 saturated carbocycles. The molecular weight excluding hydrogens is 288 g/mol. The maximum Gasteiger partial charge on any atom is 0.270 e. The van der Waals surface area contributed by atoms with E-state index in [0.29, 0.717) is 17.2 Å². The van der Waals surface area contributed by atoms with Crippen LogP contribution in [0.25, 0.3) is 0 Å². The molecule has 2 rings (SSSR count). The maximum absolute atomic E-state index is 12.2. The number of hydrogen-bond donors (Lipinski definition) is 1. The van der Waals surface area contributed by atoms with Gasteiger partial charge in [-0.25, -0.2) is 0 Å². The van der Waals surface area contributed by atoms with Gasteiger partial charge in [-0.1, -0.05) is 6.07 Å². The number of hydrogen-bond acceptors (Lipinski definition) is 5. The molecule has 0 aliphatic heterocycles. The van der Waals surface area contributed by atoms with Gasteiger partial charge in [0.25, 0.3) is 11.6 Å². The number of rotatable bonds is 5. The zero-order chi connectivity index (χ0) is 16.1. The highest BCUT2D eigenvalue weighted by Crippen LogP contribution is 2.29. The summed E-state index contributed by atoms with van der Waals surface area (Å²) in [6, 6.07) is 10.4. The van der Waals surface area contributed by atoms with Crippen molar-refractivity contribution in [2.24, 2.45) is 0 Å². The molecule has 0 saturated heterocycles. The number of non-ortho nitro benzene ring substituents is 1. The van der Waals surface area contributed by atoms with Gasteiger partial charge in [0.1, 0.15) is 11.5 Å². The number of carbonyl (C=O) groups is 1. The van der Waals surface area contributed by atoms with Gasteiger partial charge in [-0.2, -0.15) is 0 Å². The molecule has 0 aliphatic rings. The maximum atomic E-state index is 12.2. The van der Waals surface area contributed by atoms with Crippen LogP contribution in [-0.2, 0) is 0 Å². The average Bonchev–Trinajstić information content (AvgIpc) is 2.55. The predicted octanol–water partition coefficient (Wildman–Crippen LogP) is 2.86. The summed E-state index contributed by atoms with van der Waals surface area (Å²) >= 11 is 0. The summed E-state index contributed by atoms with van der Waals surface area (Å²) in [6.07, 6.45) is 0. The number of benzene rings is 2. The Balaban J connectivity index is 2.25. The number of nitro benzene ring substituents is 1. The Kier molecular flexibility index (Phi) is 4.57. The normalized spacial score (nSPS) is 9.91. The van der Waals surface area contributed by atoms with Crippen molar-refractivity contribution in [3.63, 3.8) is 0 Å². The highest BCUT2D eigenvalue weighted by molar-refractivity contribution is 6.05. The van der Waals surface area contributed by atoms with Gasteiger partial charge in [-0.3, -0.25) is 14.9 Å². The second-order valence-corrected chi connectivity index (χ2v) is 4.33. The van der Waals surface area contributed by atoms with Gasteiger partial charge in [0.15, 0.2) is 0 Å². The van der Waals surface area contributed by atoms with E-state index >= 15 is 0 Å². The molecule has 1 N–H and O–H groups in total. The highest BCUT2D eigenvalue weighted by Gasteiger charge is 2.14. The lowest BCUT2D eigenvalue weighted by molar-refractivity contribution is -0.384. The Labute approximate surface area is 126 Å². The van der Waals surface area contributed by atoms with Crippen LogP contribution in [0.2, 0.25) is 0 Å². The molecule has 7 nitrogen and oxygen atoms in total. The first-order valence-electron chi connectivity index (χ1n) is 6.33. The van der Waals surface area contributed by atoms with E-state index in [-0.39, 0.29) is 11.3 Å². The molecular formula is C15H14N2O5. The van der Waals surface area contributed by atoms with Crippen molar-refractivity contribution in [3.8, 4) is 11.5 Å². The van der Waals surface area contributed by atoms with Crippen LogP contribution in [0.15, 0.2) is 42.5 Å². The van der Waals surface area contributed by atoms with Crippen molar-refractivity contribution in [1.29, 1.82) is 0 Å². The van der Waals surface area contributed by atoms with Crippen molar-refractivity contribution in [2.45, 2.75) is 0 Å². The predicted molar refractivity (Wildman–Crippen MR) is 80.6 cm³/mol. The molecule has 0 radical (unpaired) electrons. The molecule has 1 amide bonds. The molecule has 114 valence electrons. The van der Waals surface area contributed by atoms with Crippen molar-refractivity contribution in [3.05, 3.63) is 58.1 Å². The monoisotopic (exact) mass is 302 g/mol. The minimum atomic E-state index is -0.551. The van der Waals surface area contributed by atoms with E-state index in [1.54, 1.807) is 18.2 Å². The van der Waals surface area contributed by atoms with Gasteiger partial charge in [-0.15, -0.1) is 0 Å². The highest BCUT2D eigenvalue weighted by atomic mass is 16.6. The van der Waals surface area contributed by atoms with Crippen molar-refractivity contribution >= 4 is 17.3 Å². The first-order valence-corrected chi connectivity index (χ1v) is 6.33.